The van der Waals surface area contributed by atoms with E-state index in [1.807, 2.05) is 18.3 Å². The summed E-state index contributed by atoms with van der Waals surface area (Å²) < 4.78 is 5.10. The molecule has 1 amide bonds. The van der Waals surface area contributed by atoms with Crippen LogP contribution in [0.2, 0.25) is 0 Å². The molecule has 7 nitrogen and oxygen atoms in total. The van der Waals surface area contributed by atoms with Crippen LogP contribution in [0.3, 0.4) is 0 Å². The van der Waals surface area contributed by atoms with Crippen molar-refractivity contribution in [2.75, 3.05) is 29.5 Å². The van der Waals surface area contributed by atoms with Crippen molar-refractivity contribution in [2.24, 2.45) is 0 Å². The number of thiazole rings is 1. The Morgan fingerprint density at radius 3 is 2.62 bits per heavy atom. The van der Waals surface area contributed by atoms with Gasteiger partial charge < -0.3 is 9.64 Å². The van der Waals surface area contributed by atoms with Crippen LogP contribution in [0.1, 0.15) is 21.6 Å². The molecule has 1 fully saturated rings. The van der Waals surface area contributed by atoms with E-state index in [9.17, 15) is 4.79 Å². The minimum absolute atomic E-state index is 0.262. The molecule has 0 spiro atoms. The highest BCUT2D eigenvalue weighted by atomic mass is 32.1. The van der Waals surface area contributed by atoms with E-state index in [0.29, 0.717) is 13.2 Å². The van der Waals surface area contributed by atoms with Gasteiger partial charge in [-0.2, -0.15) is 0 Å². The molecule has 0 N–H and O–H groups in total. The monoisotopic (exact) mass is 469 g/mol. The van der Waals surface area contributed by atoms with Crippen LogP contribution >= 0.6 is 11.3 Å². The average Bonchev–Trinajstić information content (AvgIpc) is 3.53. The fourth-order valence-electron chi connectivity index (χ4n) is 4.45. The Morgan fingerprint density at radius 1 is 0.971 bits per heavy atom. The maximum absolute atomic E-state index is 12.0. The van der Waals surface area contributed by atoms with Gasteiger partial charge in [-0.15, -0.1) is 11.3 Å². The van der Waals surface area contributed by atoms with E-state index in [0.717, 1.165) is 48.1 Å². The summed E-state index contributed by atoms with van der Waals surface area (Å²) in [6, 6.07) is 16.5. The molecule has 0 aliphatic carbocycles. The van der Waals surface area contributed by atoms with Crippen molar-refractivity contribution in [2.45, 2.75) is 19.4 Å². The summed E-state index contributed by atoms with van der Waals surface area (Å²) in [7, 11) is 0. The summed E-state index contributed by atoms with van der Waals surface area (Å²) in [4.78, 5) is 30.6. The van der Waals surface area contributed by atoms with Gasteiger partial charge in [0.25, 0.3) is 0 Å². The number of hydrogen-bond donors (Lipinski definition) is 0. The van der Waals surface area contributed by atoms with Crippen LogP contribution in [0.5, 0.6) is 0 Å². The zero-order chi connectivity index (χ0) is 22.9. The minimum atomic E-state index is -0.262. The third kappa shape index (κ3) is 4.12. The minimum Gasteiger partial charge on any atom is -0.447 e. The summed E-state index contributed by atoms with van der Waals surface area (Å²) in [5.74, 6) is 0.740. The fourth-order valence-corrected chi connectivity index (χ4v) is 5.42. The van der Waals surface area contributed by atoms with Crippen LogP contribution in [0.25, 0.3) is 11.4 Å². The van der Waals surface area contributed by atoms with Crippen molar-refractivity contribution < 1.29 is 9.53 Å². The molecular weight excluding hydrogens is 446 g/mol. The van der Waals surface area contributed by atoms with Gasteiger partial charge >= 0.3 is 6.09 Å². The molecule has 2 aromatic carbocycles. The summed E-state index contributed by atoms with van der Waals surface area (Å²) in [5, 5.41) is 1.04. The number of ether oxygens (including phenoxy) is 1. The highest BCUT2D eigenvalue weighted by Crippen LogP contribution is 2.32. The SMILES string of the molecule is O=C1OCCN1c1ccc2c(c1)CN(c1ncc(Cc3ccc(-c4ncccn4)cc3)s1)CC2. The summed E-state index contributed by atoms with van der Waals surface area (Å²) in [6.07, 6.45) is 7.06. The Bertz CT molecular complexity index is 1320. The van der Waals surface area contributed by atoms with Crippen LogP contribution in [0.15, 0.2) is 67.1 Å². The van der Waals surface area contributed by atoms with Crippen LogP contribution in [-0.4, -0.2) is 40.7 Å². The van der Waals surface area contributed by atoms with Gasteiger partial charge in [0.15, 0.2) is 11.0 Å². The summed E-state index contributed by atoms with van der Waals surface area (Å²) in [5.41, 5.74) is 5.75. The predicted molar refractivity (Wildman–Crippen MR) is 132 cm³/mol. The summed E-state index contributed by atoms with van der Waals surface area (Å²) in [6.45, 7) is 2.80. The Balaban J connectivity index is 1.15. The molecule has 34 heavy (non-hydrogen) atoms. The van der Waals surface area contributed by atoms with Gasteiger partial charge in [-0.05, 0) is 41.3 Å². The lowest BCUT2D eigenvalue weighted by molar-refractivity contribution is 0.181. The van der Waals surface area contributed by atoms with Gasteiger partial charge in [0.05, 0.1) is 6.54 Å². The third-order valence-corrected chi connectivity index (χ3v) is 7.30. The molecule has 1 saturated heterocycles. The third-order valence-electron chi connectivity index (χ3n) is 6.24. The van der Waals surface area contributed by atoms with Crippen molar-refractivity contribution in [3.8, 4) is 11.4 Å². The number of benzene rings is 2. The standard InChI is InChI=1S/C26H23N5O2S/c32-26-31(12-13-33-26)22-7-6-19-8-11-30(17-21(19)15-22)25-29-16-23(34-25)14-18-2-4-20(5-3-18)24-27-9-1-10-28-24/h1-7,9-10,15-16H,8,11-14,17H2. The molecule has 0 bridgehead atoms. The lowest BCUT2D eigenvalue weighted by Gasteiger charge is -2.29. The maximum atomic E-state index is 12.0. The molecule has 4 aromatic rings. The van der Waals surface area contributed by atoms with E-state index in [-0.39, 0.29) is 6.09 Å². The number of aromatic nitrogens is 3. The van der Waals surface area contributed by atoms with Gasteiger partial charge in [0.1, 0.15) is 6.61 Å². The van der Waals surface area contributed by atoms with Crippen molar-refractivity contribution in [3.05, 3.63) is 88.7 Å². The van der Waals surface area contributed by atoms with Gasteiger partial charge in [-0.3, -0.25) is 4.90 Å². The number of rotatable bonds is 5. The Hall–Kier alpha value is -3.78. The molecule has 0 unspecified atom stereocenters. The van der Waals surface area contributed by atoms with Gasteiger partial charge in [-0.1, -0.05) is 30.3 Å². The molecule has 0 radical (unpaired) electrons. The molecule has 0 atom stereocenters. The lowest BCUT2D eigenvalue weighted by atomic mass is 9.99. The quantitative estimate of drug-likeness (QED) is 0.422. The largest absolute Gasteiger partial charge is 0.447 e. The molecular formula is C26H23N5O2S. The van der Waals surface area contributed by atoms with E-state index in [2.05, 4.69) is 51.3 Å². The molecule has 2 aliphatic heterocycles. The molecule has 0 saturated carbocycles. The van der Waals surface area contributed by atoms with E-state index in [1.165, 1.54) is 21.6 Å². The first-order chi connectivity index (χ1) is 16.7. The zero-order valence-electron chi connectivity index (χ0n) is 18.6. The molecule has 170 valence electrons. The molecule has 2 aliphatic rings. The number of hydrogen-bond acceptors (Lipinski definition) is 7. The first-order valence-corrected chi connectivity index (χ1v) is 12.2. The maximum Gasteiger partial charge on any atom is 0.414 e. The number of carbonyl (C=O) groups is 1. The Morgan fingerprint density at radius 2 is 1.82 bits per heavy atom. The van der Waals surface area contributed by atoms with Crippen molar-refractivity contribution in [1.29, 1.82) is 0 Å². The van der Waals surface area contributed by atoms with Gasteiger partial charge in [-0.25, -0.2) is 19.7 Å². The zero-order valence-corrected chi connectivity index (χ0v) is 19.4. The Kier molecular flexibility index (Phi) is 5.43. The first kappa shape index (κ1) is 20.8. The van der Waals surface area contributed by atoms with Crippen molar-refractivity contribution in [1.82, 2.24) is 15.0 Å². The fraction of sp³-hybridized carbons (Fsp3) is 0.231. The molecule has 4 heterocycles. The van der Waals surface area contributed by atoms with E-state index < -0.39 is 0 Å². The number of cyclic esters (lactones) is 1. The number of nitrogens with zero attached hydrogens (tertiary/aromatic N) is 5. The first-order valence-electron chi connectivity index (χ1n) is 11.3. The van der Waals surface area contributed by atoms with Crippen LogP contribution in [-0.2, 0) is 24.1 Å². The van der Waals surface area contributed by atoms with E-state index in [1.54, 1.807) is 28.6 Å². The molecule has 8 heteroatoms. The predicted octanol–water partition coefficient (Wildman–Crippen LogP) is 4.71. The number of amides is 1. The topological polar surface area (TPSA) is 71.5 Å². The highest BCUT2D eigenvalue weighted by molar-refractivity contribution is 7.15. The normalized spacial score (nSPS) is 15.4. The number of anilines is 2. The Labute approximate surface area is 201 Å². The lowest BCUT2D eigenvalue weighted by Crippen LogP contribution is -2.31. The number of carbonyl (C=O) groups excluding carboxylic acids is 1. The molecule has 6 rings (SSSR count). The van der Waals surface area contributed by atoms with Crippen molar-refractivity contribution in [3.63, 3.8) is 0 Å². The second-order valence-corrected chi connectivity index (χ2v) is 9.54. The highest BCUT2D eigenvalue weighted by Gasteiger charge is 2.26. The van der Waals surface area contributed by atoms with Crippen LogP contribution in [0.4, 0.5) is 15.6 Å². The average molecular weight is 470 g/mol. The smallest absolute Gasteiger partial charge is 0.414 e. The number of fused-ring (bicyclic) bond motifs is 1. The van der Waals surface area contributed by atoms with Gasteiger partial charge in [0, 0.05) is 54.2 Å². The van der Waals surface area contributed by atoms with Crippen LogP contribution < -0.4 is 9.80 Å². The van der Waals surface area contributed by atoms with E-state index >= 15 is 0 Å². The van der Waals surface area contributed by atoms with E-state index in [4.69, 9.17) is 9.72 Å². The van der Waals surface area contributed by atoms with Crippen molar-refractivity contribution >= 4 is 28.2 Å². The van der Waals surface area contributed by atoms with Gasteiger partial charge in [0.2, 0.25) is 0 Å². The van der Waals surface area contributed by atoms with Crippen LogP contribution in [0, 0.1) is 0 Å². The summed E-state index contributed by atoms with van der Waals surface area (Å²) >= 11 is 1.74. The second-order valence-electron chi connectivity index (χ2n) is 8.45. The molecule has 2 aromatic heterocycles. The second kappa shape index (κ2) is 8.87.